The fourth-order valence-corrected chi connectivity index (χ4v) is 3.12. The minimum Gasteiger partial charge on any atom is -0.478 e. The monoisotopic (exact) mass is 418 g/mol. The number of pyridine rings is 1. The molecule has 0 aromatic carbocycles. The Morgan fingerprint density at radius 2 is 2.00 bits per heavy atom. The third kappa shape index (κ3) is 4.38. The zero-order valence-electron chi connectivity index (χ0n) is 16.3. The summed E-state index contributed by atoms with van der Waals surface area (Å²) >= 11 is 0. The summed E-state index contributed by atoms with van der Waals surface area (Å²) in [4.78, 5) is 27.8. The average molecular weight is 419 g/mol. The van der Waals surface area contributed by atoms with Crippen LogP contribution in [-0.2, 0) is 7.05 Å². The van der Waals surface area contributed by atoms with Crippen molar-refractivity contribution in [2.45, 2.75) is 6.92 Å². The van der Waals surface area contributed by atoms with Gasteiger partial charge in [0.15, 0.2) is 11.5 Å². The molecule has 0 bridgehead atoms. The highest BCUT2D eigenvalue weighted by Gasteiger charge is 2.16. The molecule has 4 heterocycles. The Morgan fingerprint density at radius 1 is 1.21 bits per heavy atom. The maximum absolute atomic E-state index is 12.6. The summed E-state index contributed by atoms with van der Waals surface area (Å²) in [7, 11) is 1.78. The van der Waals surface area contributed by atoms with Gasteiger partial charge in [-0.1, -0.05) is 0 Å². The van der Waals surface area contributed by atoms with Crippen molar-refractivity contribution in [3.05, 3.63) is 30.2 Å². The van der Waals surface area contributed by atoms with Crippen molar-refractivity contribution in [2.24, 2.45) is 7.05 Å². The molecular formula is C18H23ClN8O2. The van der Waals surface area contributed by atoms with E-state index >= 15 is 0 Å². The summed E-state index contributed by atoms with van der Waals surface area (Å²) in [6, 6.07) is 1.72. The molecule has 3 aromatic rings. The van der Waals surface area contributed by atoms with Gasteiger partial charge in [0, 0.05) is 39.4 Å². The van der Waals surface area contributed by atoms with Crippen LogP contribution in [0, 0.1) is 0 Å². The molecule has 10 nitrogen and oxygen atoms in total. The number of ether oxygens (including phenoxy) is 1. The van der Waals surface area contributed by atoms with E-state index in [9.17, 15) is 4.79 Å². The maximum Gasteiger partial charge on any atom is 0.258 e. The maximum atomic E-state index is 12.6. The van der Waals surface area contributed by atoms with Gasteiger partial charge in [0.2, 0.25) is 5.88 Å². The minimum atomic E-state index is -0.315. The molecule has 0 radical (unpaired) electrons. The van der Waals surface area contributed by atoms with Crippen LogP contribution in [0.2, 0.25) is 0 Å². The molecule has 0 saturated carbocycles. The van der Waals surface area contributed by atoms with Crippen LogP contribution in [0.1, 0.15) is 17.3 Å². The molecule has 1 aliphatic heterocycles. The number of amides is 1. The number of nitrogens with zero attached hydrogens (tertiary/aromatic N) is 6. The van der Waals surface area contributed by atoms with E-state index in [1.165, 1.54) is 6.20 Å². The van der Waals surface area contributed by atoms with Crippen molar-refractivity contribution in [3.63, 3.8) is 0 Å². The highest BCUT2D eigenvalue weighted by Crippen LogP contribution is 2.24. The number of aromatic nitrogens is 5. The Bertz CT molecular complexity index is 985. The minimum absolute atomic E-state index is 0. The first-order chi connectivity index (χ1) is 13.7. The summed E-state index contributed by atoms with van der Waals surface area (Å²) in [5.41, 5.74) is 0.928. The van der Waals surface area contributed by atoms with E-state index in [2.05, 4.69) is 35.6 Å². The molecule has 0 aliphatic carbocycles. The van der Waals surface area contributed by atoms with Crippen molar-refractivity contribution >= 4 is 41.0 Å². The van der Waals surface area contributed by atoms with E-state index in [-0.39, 0.29) is 18.3 Å². The van der Waals surface area contributed by atoms with Crippen molar-refractivity contribution < 1.29 is 9.53 Å². The molecule has 11 heteroatoms. The van der Waals surface area contributed by atoms with E-state index in [4.69, 9.17) is 4.74 Å². The lowest BCUT2D eigenvalue weighted by atomic mass is 10.2. The fraction of sp³-hybridized carbons (Fsp3) is 0.389. The summed E-state index contributed by atoms with van der Waals surface area (Å²) in [5, 5.41) is 11.0. The van der Waals surface area contributed by atoms with Crippen LogP contribution >= 0.6 is 12.4 Å². The fourth-order valence-electron chi connectivity index (χ4n) is 3.12. The highest BCUT2D eigenvalue weighted by atomic mass is 35.5. The van der Waals surface area contributed by atoms with Gasteiger partial charge in [-0.3, -0.25) is 4.79 Å². The lowest BCUT2D eigenvalue weighted by Crippen LogP contribution is -2.43. The van der Waals surface area contributed by atoms with Crippen LogP contribution in [0.5, 0.6) is 5.88 Å². The quantitative estimate of drug-likeness (QED) is 0.636. The molecule has 1 fully saturated rings. The number of carbonyl (C=O) groups excluding carboxylic acids is 1. The van der Waals surface area contributed by atoms with Crippen molar-refractivity contribution in [3.8, 4) is 5.88 Å². The van der Waals surface area contributed by atoms with Gasteiger partial charge < -0.3 is 20.3 Å². The van der Waals surface area contributed by atoms with Crippen LogP contribution in [0.4, 0.5) is 11.6 Å². The molecule has 2 N–H and O–H groups in total. The molecule has 0 spiro atoms. The molecule has 1 saturated heterocycles. The van der Waals surface area contributed by atoms with Gasteiger partial charge in [-0.2, -0.15) is 0 Å². The Labute approximate surface area is 174 Å². The number of nitrogens with one attached hydrogen (secondary N) is 2. The van der Waals surface area contributed by atoms with E-state index in [1.807, 2.05) is 6.92 Å². The zero-order valence-corrected chi connectivity index (χ0v) is 17.1. The number of anilines is 2. The summed E-state index contributed by atoms with van der Waals surface area (Å²) in [5.74, 6) is 1.46. The van der Waals surface area contributed by atoms with Crippen LogP contribution < -0.4 is 20.3 Å². The van der Waals surface area contributed by atoms with Gasteiger partial charge in [-0.05, 0) is 13.0 Å². The first-order valence-electron chi connectivity index (χ1n) is 9.20. The molecule has 3 aromatic heterocycles. The smallest absolute Gasteiger partial charge is 0.258 e. The van der Waals surface area contributed by atoms with Gasteiger partial charge in [-0.25, -0.2) is 19.6 Å². The number of hydrogen-bond acceptors (Lipinski definition) is 8. The second-order valence-corrected chi connectivity index (χ2v) is 6.41. The Kier molecular flexibility index (Phi) is 6.45. The number of fused-ring (bicyclic) bond motifs is 1. The van der Waals surface area contributed by atoms with Gasteiger partial charge in [0.1, 0.15) is 5.82 Å². The second-order valence-electron chi connectivity index (χ2n) is 6.41. The highest BCUT2D eigenvalue weighted by molar-refractivity contribution is 6.05. The lowest BCUT2D eigenvalue weighted by molar-refractivity contribution is 0.102. The van der Waals surface area contributed by atoms with E-state index in [0.717, 1.165) is 32.0 Å². The Hall–Kier alpha value is -2.98. The number of carbonyl (C=O) groups is 1. The predicted octanol–water partition coefficient (Wildman–Crippen LogP) is 1.24. The summed E-state index contributed by atoms with van der Waals surface area (Å²) in [6.45, 7) is 6.02. The first-order valence-corrected chi connectivity index (χ1v) is 9.20. The molecule has 0 unspecified atom stereocenters. The van der Waals surface area contributed by atoms with E-state index < -0.39 is 0 Å². The lowest BCUT2D eigenvalue weighted by Gasteiger charge is -2.28. The van der Waals surface area contributed by atoms with Gasteiger partial charge in [-0.15, -0.1) is 17.5 Å². The summed E-state index contributed by atoms with van der Waals surface area (Å²) < 4.78 is 7.23. The molecule has 1 aliphatic rings. The number of rotatable bonds is 5. The molecule has 154 valence electrons. The average Bonchev–Trinajstić information content (AvgIpc) is 3.04. The third-order valence-electron chi connectivity index (χ3n) is 4.50. The van der Waals surface area contributed by atoms with Crippen molar-refractivity contribution in [2.75, 3.05) is 43.0 Å². The molecule has 29 heavy (non-hydrogen) atoms. The topological polar surface area (TPSA) is 110 Å². The molecule has 0 atom stereocenters. The first kappa shape index (κ1) is 20.7. The van der Waals surface area contributed by atoms with Crippen molar-refractivity contribution in [1.82, 2.24) is 30.0 Å². The SMILES string of the molecule is CCOc1c2cc(C(=O)Nc3cnc(N4CCNCC4)cn3)cnc2nn1C.Cl. The second kappa shape index (κ2) is 9.01. The number of piperazine rings is 1. The zero-order chi connectivity index (χ0) is 19.5. The van der Waals surface area contributed by atoms with E-state index in [0.29, 0.717) is 34.9 Å². The number of aryl methyl sites for hydroxylation is 1. The standard InChI is InChI=1S/C18H22N8O2.ClH/c1-3-28-18-13-8-12(9-22-16(13)24-25(18)2)17(27)23-14-10-21-15(11-20-14)26-6-4-19-5-7-26;/h8-11,19H,3-7H2,1-2H3,(H,20,23,27);1H. The molecular weight excluding hydrogens is 396 g/mol. The third-order valence-corrected chi connectivity index (χ3v) is 4.50. The van der Waals surface area contributed by atoms with Crippen LogP contribution in [0.3, 0.4) is 0 Å². The largest absolute Gasteiger partial charge is 0.478 e. The van der Waals surface area contributed by atoms with E-state index in [1.54, 1.807) is 30.2 Å². The molecule has 4 rings (SSSR count). The van der Waals surface area contributed by atoms with Crippen LogP contribution in [-0.4, -0.2) is 63.4 Å². The normalized spacial score (nSPS) is 13.8. The van der Waals surface area contributed by atoms with Gasteiger partial charge >= 0.3 is 0 Å². The summed E-state index contributed by atoms with van der Waals surface area (Å²) in [6.07, 6.45) is 4.73. The van der Waals surface area contributed by atoms with Crippen LogP contribution in [0.15, 0.2) is 24.7 Å². The van der Waals surface area contributed by atoms with Gasteiger partial charge in [0.25, 0.3) is 5.91 Å². The number of hydrogen-bond donors (Lipinski definition) is 2. The Morgan fingerprint density at radius 3 is 2.69 bits per heavy atom. The predicted molar refractivity (Wildman–Crippen MR) is 112 cm³/mol. The van der Waals surface area contributed by atoms with Gasteiger partial charge in [0.05, 0.1) is 30.0 Å². The van der Waals surface area contributed by atoms with Crippen molar-refractivity contribution in [1.29, 1.82) is 0 Å². The molecule has 1 amide bonds. The Balaban J connectivity index is 0.00000240. The number of halogens is 1. The van der Waals surface area contributed by atoms with Crippen LogP contribution in [0.25, 0.3) is 11.0 Å².